The standard InChI is InChI=1S/C6H7N.3Li.H3O4P/c7-6-4-2-1-3-5-6;;;;1-5(2,3)4/h1-5H,7H2;;;;(H3,1,2,3,4)/q;3*+1;/p-3. The zero-order chi connectivity index (χ0) is 9.61. The predicted molar refractivity (Wildman–Crippen MR) is 38.5 cm³/mol. The Labute approximate surface area is 125 Å². The van der Waals surface area contributed by atoms with Crippen molar-refractivity contribution >= 4 is 13.5 Å². The van der Waals surface area contributed by atoms with Gasteiger partial charge in [-0.3, -0.25) is 0 Å². The van der Waals surface area contributed by atoms with Crippen LogP contribution in [0.25, 0.3) is 0 Å². The SMILES string of the molecule is Nc1ccccc1.O=P([O-])([O-])[O-].[Li+].[Li+].[Li+]. The van der Waals surface area contributed by atoms with Crippen LogP contribution >= 0.6 is 7.82 Å². The molecule has 0 unspecified atom stereocenters. The van der Waals surface area contributed by atoms with E-state index in [0.29, 0.717) is 0 Å². The summed E-state index contributed by atoms with van der Waals surface area (Å²) in [6.07, 6.45) is 0. The predicted octanol–water partition coefficient (Wildman–Crippen LogP) is -10.5. The third-order valence-electron chi connectivity index (χ3n) is 0.800. The molecule has 2 N–H and O–H groups in total. The van der Waals surface area contributed by atoms with Gasteiger partial charge < -0.3 is 25.0 Å². The van der Waals surface area contributed by atoms with E-state index in [1.807, 2.05) is 30.3 Å². The molecule has 0 atom stereocenters. The van der Waals surface area contributed by atoms with Crippen molar-refractivity contribution in [2.75, 3.05) is 5.73 Å². The number of phosphoric acid groups is 1. The molecule has 0 aromatic heterocycles. The summed E-state index contributed by atoms with van der Waals surface area (Å²) in [6.45, 7) is 0. The van der Waals surface area contributed by atoms with Crippen molar-refractivity contribution in [2.24, 2.45) is 0 Å². The maximum atomic E-state index is 8.55. The maximum Gasteiger partial charge on any atom is 1.00 e. The smallest absolute Gasteiger partial charge is 0.822 e. The van der Waals surface area contributed by atoms with Gasteiger partial charge in [-0.25, -0.2) is 0 Å². The number of rotatable bonds is 0. The Hall–Kier alpha value is 0.922. The summed E-state index contributed by atoms with van der Waals surface area (Å²) in [5.41, 5.74) is 6.18. The van der Waals surface area contributed by atoms with Gasteiger partial charge in [-0.05, 0) is 12.1 Å². The van der Waals surface area contributed by atoms with Crippen LogP contribution in [0, 0.1) is 0 Å². The van der Waals surface area contributed by atoms with Crippen LogP contribution in [0.3, 0.4) is 0 Å². The normalized spacial score (nSPS) is 7.93. The molecule has 0 aliphatic rings. The number of anilines is 1. The summed E-state index contributed by atoms with van der Waals surface area (Å²) < 4.78 is 8.55. The van der Waals surface area contributed by atoms with Crippen LogP contribution in [-0.4, -0.2) is 0 Å². The zero-order valence-corrected chi connectivity index (χ0v) is 9.94. The van der Waals surface area contributed by atoms with E-state index in [4.69, 9.17) is 25.0 Å². The number of benzene rings is 1. The molecule has 1 rings (SSSR count). The van der Waals surface area contributed by atoms with E-state index in [0.717, 1.165) is 5.69 Å². The third-order valence-corrected chi connectivity index (χ3v) is 0.800. The molecule has 0 amide bonds. The first-order valence-electron chi connectivity index (χ1n) is 2.93. The van der Waals surface area contributed by atoms with Crippen LogP contribution in [0.5, 0.6) is 0 Å². The molecule has 15 heavy (non-hydrogen) atoms. The summed E-state index contributed by atoms with van der Waals surface area (Å²) in [6, 6.07) is 9.49. The Morgan fingerprint density at radius 3 is 1.33 bits per heavy atom. The largest absolute Gasteiger partial charge is 1.00 e. The van der Waals surface area contributed by atoms with Gasteiger partial charge in [0.1, 0.15) is 0 Å². The number of nitrogen functional groups attached to an aromatic ring is 1. The van der Waals surface area contributed by atoms with E-state index in [1.54, 1.807) is 0 Å². The monoisotopic (exact) mass is 209 g/mol. The second kappa shape index (κ2) is 13.0. The van der Waals surface area contributed by atoms with Crippen molar-refractivity contribution in [3.8, 4) is 0 Å². The summed E-state index contributed by atoms with van der Waals surface area (Å²) in [4.78, 5) is 25.6. The minimum atomic E-state index is -5.39. The molecule has 0 radical (unpaired) electrons. The van der Waals surface area contributed by atoms with Crippen molar-refractivity contribution < 1.29 is 75.8 Å². The summed E-state index contributed by atoms with van der Waals surface area (Å²) >= 11 is 0. The molecule has 9 heteroatoms. The van der Waals surface area contributed by atoms with E-state index in [-0.39, 0.29) is 56.6 Å². The number of nitrogens with two attached hydrogens (primary N) is 1. The number of hydrogen-bond donors (Lipinski definition) is 1. The quantitative estimate of drug-likeness (QED) is 0.259. The van der Waals surface area contributed by atoms with Gasteiger partial charge in [-0.15, -0.1) is 0 Å². The van der Waals surface area contributed by atoms with Crippen molar-refractivity contribution in [1.82, 2.24) is 0 Å². The molecular weight excluding hydrogens is 202 g/mol. The van der Waals surface area contributed by atoms with Gasteiger partial charge in [-0.2, -0.15) is 7.82 Å². The minimum Gasteiger partial charge on any atom is -0.822 e. The van der Waals surface area contributed by atoms with Crippen molar-refractivity contribution in [3.05, 3.63) is 30.3 Å². The van der Waals surface area contributed by atoms with Gasteiger partial charge in [0, 0.05) is 5.69 Å². The summed E-state index contributed by atoms with van der Waals surface area (Å²) in [5, 5.41) is 0. The molecular formula is C6H7Li3NO4P. The molecule has 0 heterocycles. The van der Waals surface area contributed by atoms with E-state index in [2.05, 4.69) is 0 Å². The fraction of sp³-hybridized carbons (Fsp3) is 0. The fourth-order valence-corrected chi connectivity index (χ4v) is 0.453. The fourth-order valence-electron chi connectivity index (χ4n) is 0.453. The first kappa shape index (κ1) is 24.9. The third kappa shape index (κ3) is 31.3. The molecule has 5 nitrogen and oxygen atoms in total. The molecule has 0 bridgehead atoms. The van der Waals surface area contributed by atoms with Crippen LogP contribution in [0.1, 0.15) is 0 Å². The van der Waals surface area contributed by atoms with E-state index < -0.39 is 7.82 Å². The second-order valence-corrected chi connectivity index (χ2v) is 2.75. The van der Waals surface area contributed by atoms with Gasteiger partial charge in [0.2, 0.25) is 0 Å². The maximum absolute atomic E-state index is 8.55. The number of hydrogen-bond acceptors (Lipinski definition) is 5. The van der Waals surface area contributed by atoms with Gasteiger partial charge in [-0.1, -0.05) is 18.2 Å². The number of para-hydroxylation sites is 1. The molecule has 1 aromatic rings. The Morgan fingerprint density at radius 1 is 0.933 bits per heavy atom. The van der Waals surface area contributed by atoms with Gasteiger partial charge in [0.05, 0.1) is 0 Å². The molecule has 0 fully saturated rings. The molecule has 0 spiro atoms. The van der Waals surface area contributed by atoms with Crippen molar-refractivity contribution in [3.63, 3.8) is 0 Å². The Kier molecular flexibility index (Phi) is 21.6. The first-order valence-corrected chi connectivity index (χ1v) is 4.39. The van der Waals surface area contributed by atoms with Crippen LogP contribution in [-0.2, 0) is 4.57 Å². The second-order valence-electron chi connectivity index (χ2n) is 1.86. The molecule has 1 aromatic carbocycles. The van der Waals surface area contributed by atoms with E-state index in [1.165, 1.54) is 0 Å². The minimum absolute atomic E-state index is 0. The van der Waals surface area contributed by atoms with E-state index in [9.17, 15) is 0 Å². The topological polar surface area (TPSA) is 112 Å². The molecule has 0 aliphatic carbocycles. The zero-order valence-electron chi connectivity index (χ0n) is 9.04. The van der Waals surface area contributed by atoms with Crippen LogP contribution < -0.4 is 77.0 Å². The van der Waals surface area contributed by atoms with E-state index >= 15 is 0 Å². The summed E-state index contributed by atoms with van der Waals surface area (Å²) in [7, 11) is -5.39. The molecule has 0 saturated heterocycles. The average molecular weight is 209 g/mol. The van der Waals surface area contributed by atoms with Crippen LogP contribution in [0.15, 0.2) is 30.3 Å². The van der Waals surface area contributed by atoms with Gasteiger partial charge in [0.25, 0.3) is 0 Å². The average Bonchev–Trinajstić information content (AvgIpc) is 1.85. The van der Waals surface area contributed by atoms with Crippen LogP contribution in [0.2, 0.25) is 0 Å². The Balaban J connectivity index is -0.0000000701. The molecule has 0 aliphatic heterocycles. The Bertz CT molecular complexity index is 260. The van der Waals surface area contributed by atoms with Crippen LogP contribution in [0.4, 0.5) is 5.69 Å². The van der Waals surface area contributed by atoms with Gasteiger partial charge >= 0.3 is 56.6 Å². The summed E-state index contributed by atoms with van der Waals surface area (Å²) in [5.74, 6) is 0. The van der Waals surface area contributed by atoms with Gasteiger partial charge in [0.15, 0.2) is 0 Å². The van der Waals surface area contributed by atoms with Crippen molar-refractivity contribution in [1.29, 1.82) is 0 Å². The Morgan fingerprint density at radius 2 is 1.20 bits per heavy atom. The molecule has 0 saturated carbocycles. The molecule has 68 valence electrons. The first-order chi connectivity index (χ1) is 5.39. The van der Waals surface area contributed by atoms with Crippen molar-refractivity contribution in [2.45, 2.75) is 0 Å².